The minimum Gasteiger partial charge on any atom is -0.310 e. The maximum atomic E-state index is 2.45. The second-order valence-corrected chi connectivity index (χ2v) is 14.2. The van der Waals surface area contributed by atoms with Crippen LogP contribution in [0.1, 0.15) is 11.1 Å². The van der Waals surface area contributed by atoms with Crippen LogP contribution in [0.15, 0.2) is 218 Å². The predicted octanol–water partition coefficient (Wildman–Crippen LogP) is 14.9. The molecule has 0 aliphatic carbocycles. The molecular weight excluding hydrogens is 677 g/mol. The van der Waals surface area contributed by atoms with E-state index in [2.05, 4.69) is 240 Å². The fourth-order valence-electron chi connectivity index (χ4n) is 8.10. The van der Waals surface area contributed by atoms with Gasteiger partial charge in [0.2, 0.25) is 0 Å². The molecular formula is C54H38N2. The lowest BCUT2D eigenvalue weighted by Crippen LogP contribution is -2.09. The van der Waals surface area contributed by atoms with E-state index in [9.17, 15) is 0 Å². The van der Waals surface area contributed by atoms with Gasteiger partial charge in [0.1, 0.15) is 0 Å². The van der Waals surface area contributed by atoms with Crippen molar-refractivity contribution in [2.45, 2.75) is 0 Å². The first-order chi connectivity index (χ1) is 27.8. The van der Waals surface area contributed by atoms with Gasteiger partial charge in [-0.05, 0) is 92.3 Å². The number of hydrogen-bond donors (Lipinski definition) is 0. The van der Waals surface area contributed by atoms with E-state index in [1.165, 1.54) is 54.8 Å². The number of para-hydroxylation sites is 2. The summed E-state index contributed by atoms with van der Waals surface area (Å²) in [6.07, 6.45) is 4.51. The number of benzene rings is 9. The number of rotatable bonds is 8. The molecule has 0 atom stereocenters. The van der Waals surface area contributed by atoms with Gasteiger partial charge in [-0.3, -0.25) is 0 Å². The SMILES string of the molecule is C(=C\c1cccc2c(-c3ccccc3)c(-c3ccccc3)n(-c3ccccc3)c12)/c1ccc(N(c2ccc3ccccc3c2)c2ccc3ccccc3c2)cc1. The largest absolute Gasteiger partial charge is 0.310 e. The quantitative estimate of drug-likeness (QED) is 0.142. The molecule has 0 unspecified atom stereocenters. The van der Waals surface area contributed by atoms with Crippen molar-refractivity contribution in [1.29, 1.82) is 0 Å². The molecule has 1 heterocycles. The summed E-state index contributed by atoms with van der Waals surface area (Å²) in [4.78, 5) is 2.36. The van der Waals surface area contributed by atoms with Crippen molar-refractivity contribution in [1.82, 2.24) is 4.57 Å². The van der Waals surface area contributed by atoms with Crippen molar-refractivity contribution in [2.24, 2.45) is 0 Å². The summed E-state index contributed by atoms with van der Waals surface area (Å²) in [7, 11) is 0. The Morgan fingerprint density at radius 3 is 1.50 bits per heavy atom. The highest BCUT2D eigenvalue weighted by molar-refractivity contribution is 6.09. The van der Waals surface area contributed by atoms with Gasteiger partial charge in [0, 0.05) is 33.7 Å². The number of hydrogen-bond acceptors (Lipinski definition) is 1. The van der Waals surface area contributed by atoms with Crippen LogP contribution in [0, 0.1) is 0 Å². The molecule has 9 aromatic carbocycles. The van der Waals surface area contributed by atoms with Gasteiger partial charge >= 0.3 is 0 Å². The third-order valence-electron chi connectivity index (χ3n) is 10.7. The Morgan fingerprint density at radius 2 is 0.893 bits per heavy atom. The average molecular weight is 715 g/mol. The molecule has 264 valence electrons. The van der Waals surface area contributed by atoms with E-state index in [1.807, 2.05) is 0 Å². The lowest BCUT2D eigenvalue weighted by atomic mass is 9.97. The van der Waals surface area contributed by atoms with Crippen molar-refractivity contribution >= 4 is 61.7 Å². The van der Waals surface area contributed by atoms with Gasteiger partial charge in [0.25, 0.3) is 0 Å². The zero-order valence-corrected chi connectivity index (χ0v) is 30.8. The standard InChI is InChI=1S/C54H38N2/c1-4-17-42(18-5-1)52-51-26-14-23-44(53(51)56(47-24-8-3-9-25-47)54(52)43-19-6-2-7-20-43)30-27-39-28-33-48(34-29-39)55(49-35-31-40-15-10-12-21-45(40)37-49)50-36-32-41-16-11-13-22-46(41)38-50/h1-38H/b30-27+. The maximum absolute atomic E-state index is 2.45. The summed E-state index contributed by atoms with van der Waals surface area (Å²) < 4.78 is 2.45. The second kappa shape index (κ2) is 14.4. The van der Waals surface area contributed by atoms with Crippen LogP contribution in [0.25, 0.3) is 72.7 Å². The lowest BCUT2D eigenvalue weighted by Gasteiger charge is -2.26. The number of nitrogens with zero attached hydrogens (tertiary/aromatic N) is 2. The van der Waals surface area contributed by atoms with Crippen LogP contribution in [0.4, 0.5) is 17.1 Å². The number of fused-ring (bicyclic) bond motifs is 3. The van der Waals surface area contributed by atoms with Crippen LogP contribution < -0.4 is 4.90 Å². The van der Waals surface area contributed by atoms with Gasteiger partial charge in [0.05, 0.1) is 11.2 Å². The average Bonchev–Trinajstić information content (AvgIpc) is 3.63. The summed E-state index contributed by atoms with van der Waals surface area (Å²) >= 11 is 0. The highest BCUT2D eigenvalue weighted by Gasteiger charge is 2.22. The molecule has 0 fully saturated rings. The third kappa shape index (κ3) is 6.14. The minimum absolute atomic E-state index is 1.10. The first-order valence-corrected chi connectivity index (χ1v) is 19.2. The number of anilines is 3. The van der Waals surface area contributed by atoms with E-state index in [1.54, 1.807) is 0 Å². The van der Waals surface area contributed by atoms with Gasteiger partial charge in [-0.25, -0.2) is 0 Å². The summed E-state index contributed by atoms with van der Waals surface area (Å²) in [6, 6.07) is 78.5. The lowest BCUT2D eigenvalue weighted by molar-refractivity contribution is 1.13. The van der Waals surface area contributed by atoms with Crippen LogP contribution in [0.3, 0.4) is 0 Å². The molecule has 0 amide bonds. The van der Waals surface area contributed by atoms with Crippen LogP contribution in [-0.4, -0.2) is 4.57 Å². The molecule has 2 nitrogen and oxygen atoms in total. The van der Waals surface area contributed by atoms with Crippen LogP contribution in [0.5, 0.6) is 0 Å². The molecule has 0 aliphatic rings. The Kier molecular flexibility index (Phi) is 8.55. The van der Waals surface area contributed by atoms with Crippen LogP contribution in [-0.2, 0) is 0 Å². The van der Waals surface area contributed by atoms with Gasteiger partial charge in [-0.1, -0.05) is 182 Å². The summed E-state index contributed by atoms with van der Waals surface area (Å²) in [5.41, 5.74) is 12.8. The van der Waals surface area contributed by atoms with Crippen molar-refractivity contribution in [2.75, 3.05) is 4.90 Å². The molecule has 0 N–H and O–H groups in total. The van der Waals surface area contributed by atoms with E-state index in [0.29, 0.717) is 0 Å². The first-order valence-electron chi connectivity index (χ1n) is 19.2. The van der Waals surface area contributed by atoms with E-state index < -0.39 is 0 Å². The molecule has 0 bridgehead atoms. The zero-order chi connectivity index (χ0) is 37.3. The van der Waals surface area contributed by atoms with Crippen LogP contribution in [0.2, 0.25) is 0 Å². The molecule has 0 aliphatic heterocycles. The Balaban J connectivity index is 1.09. The van der Waals surface area contributed by atoms with Crippen molar-refractivity contribution in [3.8, 4) is 28.1 Å². The van der Waals surface area contributed by atoms with Gasteiger partial charge in [0.15, 0.2) is 0 Å². The van der Waals surface area contributed by atoms with E-state index in [4.69, 9.17) is 0 Å². The topological polar surface area (TPSA) is 8.17 Å². The van der Waals surface area contributed by atoms with Gasteiger partial charge < -0.3 is 9.47 Å². The Bertz CT molecular complexity index is 2920. The Morgan fingerprint density at radius 1 is 0.375 bits per heavy atom. The predicted molar refractivity (Wildman–Crippen MR) is 239 cm³/mol. The fraction of sp³-hybridized carbons (Fsp3) is 0. The Hall–Kier alpha value is -7.42. The molecule has 1 aromatic heterocycles. The van der Waals surface area contributed by atoms with Gasteiger partial charge in [-0.2, -0.15) is 0 Å². The summed E-state index contributed by atoms with van der Waals surface area (Å²) in [6.45, 7) is 0. The molecule has 0 radical (unpaired) electrons. The Labute approximate surface area is 327 Å². The summed E-state index contributed by atoms with van der Waals surface area (Å²) in [5.74, 6) is 0. The second-order valence-electron chi connectivity index (χ2n) is 14.2. The third-order valence-corrected chi connectivity index (χ3v) is 10.7. The summed E-state index contributed by atoms with van der Waals surface area (Å²) in [5, 5.41) is 6.12. The van der Waals surface area contributed by atoms with E-state index in [0.717, 1.165) is 33.9 Å². The minimum atomic E-state index is 1.10. The van der Waals surface area contributed by atoms with Crippen molar-refractivity contribution < 1.29 is 0 Å². The molecule has 10 aromatic rings. The fourth-order valence-corrected chi connectivity index (χ4v) is 8.10. The van der Waals surface area contributed by atoms with Crippen LogP contribution >= 0.6 is 0 Å². The molecule has 0 saturated carbocycles. The molecule has 2 heteroatoms. The first kappa shape index (κ1) is 33.2. The van der Waals surface area contributed by atoms with Crippen molar-refractivity contribution in [3.05, 3.63) is 230 Å². The van der Waals surface area contributed by atoms with Crippen molar-refractivity contribution in [3.63, 3.8) is 0 Å². The molecule has 0 saturated heterocycles. The molecule has 10 rings (SSSR count). The number of aromatic nitrogens is 1. The van der Waals surface area contributed by atoms with E-state index in [-0.39, 0.29) is 0 Å². The van der Waals surface area contributed by atoms with E-state index >= 15 is 0 Å². The zero-order valence-electron chi connectivity index (χ0n) is 30.8. The smallest absolute Gasteiger partial charge is 0.0619 e. The monoisotopic (exact) mass is 714 g/mol. The molecule has 0 spiro atoms. The molecule has 56 heavy (non-hydrogen) atoms. The normalized spacial score (nSPS) is 11.5. The highest BCUT2D eigenvalue weighted by Crippen LogP contribution is 2.44. The van der Waals surface area contributed by atoms with Gasteiger partial charge in [-0.15, -0.1) is 0 Å². The maximum Gasteiger partial charge on any atom is 0.0619 e. The highest BCUT2D eigenvalue weighted by atomic mass is 15.1.